The predicted molar refractivity (Wildman–Crippen MR) is 191 cm³/mol. The van der Waals surface area contributed by atoms with Crippen molar-refractivity contribution in [3.05, 3.63) is 65.7 Å². The molecule has 13 heteroatoms. The number of nitrogens with two attached hydrogens (primary N) is 2. The fourth-order valence-corrected chi connectivity index (χ4v) is 3.31. The van der Waals surface area contributed by atoms with Gasteiger partial charge in [-0.15, -0.1) is 4.39 Å². The third kappa shape index (κ3) is 33.2. The molecule has 0 saturated carbocycles. The maximum atomic E-state index is 12.0. The Balaban J connectivity index is 0. The lowest BCUT2D eigenvalue weighted by Gasteiger charge is -2.19. The van der Waals surface area contributed by atoms with Crippen LogP contribution in [0.3, 0.4) is 0 Å². The number of rotatable bonds is 14. The summed E-state index contributed by atoms with van der Waals surface area (Å²) in [6, 6.07) is 15.7. The number of carbonyl (C=O) groups excluding carboxylic acids is 5. The van der Waals surface area contributed by atoms with Crippen LogP contribution in [0, 0.1) is 5.92 Å². The van der Waals surface area contributed by atoms with Crippen LogP contribution in [0.25, 0.3) is 0 Å². The first-order valence-electron chi connectivity index (χ1n) is 16.3. The molecule has 0 radical (unpaired) electrons. The lowest BCUT2D eigenvalue weighted by atomic mass is 10.1. The molecule has 4 amide bonds. The van der Waals surface area contributed by atoms with Gasteiger partial charge in [-0.2, -0.15) is 0 Å². The molecular formula is C36H58FN5O7. The number of carbonyl (C=O) groups is 5. The largest absolute Gasteiger partial charge is 0.495 e. The Morgan fingerprint density at radius 3 is 1.90 bits per heavy atom. The molecule has 2 aromatic rings. The van der Waals surface area contributed by atoms with Crippen LogP contribution in [-0.4, -0.2) is 54.8 Å². The molecule has 0 aromatic heterocycles. The zero-order valence-electron chi connectivity index (χ0n) is 30.3. The summed E-state index contributed by atoms with van der Waals surface area (Å²) in [6.45, 7) is 16.1. The van der Waals surface area contributed by atoms with E-state index in [0.717, 1.165) is 24.3 Å². The Hall–Kier alpha value is -4.52. The van der Waals surface area contributed by atoms with E-state index < -0.39 is 29.9 Å². The third-order valence-corrected chi connectivity index (χ3v) is 5.23. The SMILES string of the molecule is CC(C)(C)OC(=O)NCCCCCC(=O)Nc1ccc(COC(=O)F)cc1.CC(C)C.CC(C)N.NC(=O)C(Cc1ccccc1)NC=O. The number of primary amides is 1. The number of amides is 4. The van der Waals surface area contributed by atoms with Crippen LogP contribution < -0.4 is 27.4 Å². The first-order chi connectivity index (χ1) is 22.9. The molecule has 1 unspecified atom stereocenters. The number of hydrogen-bond acceptors (Lipinski definition) is 8. The Morgan fingerprint density at radius 1 is 0.878 bits per heavy atom. The van der Waals surface area contributed by atoms with Crippen molar-refractivity contribution in [2.45, 2.75) is 112 Å². The zero-order valence-corrected chi connectivity index (χ0v) is 30.3. The number of ether oxygens (including phenoxy) is 2. The number of hydrogen-bond donors (Lipinski definition) is 5. The average Bonchev–Trinajstić information content (AvgIpc) is 2.97. The van der Waals surface area contributed by atoms with Crippen LogP contribution >= 0.6 is 0 Å². The molecule has 276 valence electrons. The first-order valence-corrected chi connectivity index (χ1v) is 16.3. The highest BCUT2D eigenvalue weighted by Crippen LogP contribution is 2.12. The fraction of sp³-hybridized carbons (Fsp3) is 0.528. The quantitative estimate of drug-likeness (QED) is 0.0883. The molecule has 0 bridgehead atoms. The van der Waals surface area contributed by atoms with E-state index in [1.807, 2.05) is 44.2 Å². The molecule has 2 aromatic carbocycles. The molecule has 0 heterocycles. The molecule has 0 spiro atoms. The standard InChI is InChI=1S/C19H27FN2O5.C10H12N2O2.C4H10.C3H9N/c1-19(2,3)27-18(25)21-12-6-4-5-7-16(23)22-15-10-8-14(9-11-15)13-26-17(20)24;11-10(14)9(12-7-13)6-8-4-2-1-3-5-8;1-4(2)3;1-3(2)4/h8-11H,4-7,12-13H2,1-3H3,(H,21,25)(H,22,23);1-5,7,9H,6H2,(H2,11,14)(H,12,13);4H,1-3H3;3H,4H2,1-2H3. The van der Waals surface area contributed by atoms with Gasteiger partial charge in [-0.05, 0) is 68.8 Å². The Morgan fingerprint density at radius 2 is 1.43 bits per heavy atom. The van der Waals surface area contributed by atoms with Crippen molar-refractivity contribution < 1.29 is 37.8 Å². The van der Waals surface area contributed by atoms with Gasteiger partial charge in [-0.25, -0.2) is 9.59 Å². The highest BCUT2D eigenvalue weighted by molar-refractivity contribution is 5.90. The minimum Gasteiger partial charge on any atom is -0.444 e. The maximum absolute atomic E-state index is 12.0. The summed E-state index contributed by atoms with van der Waals surface area (Å²) >= 11 is 0. The Labute approximate surface area is 291 Å². The third-order valence-electron chi connectivity index (χ3n) is 5.23. The molecule has 0 aliphatic heterocycles. The van der Waals surface area contributed by atoms with Gasteiger partial charge in [0.05, 0.1) is 0 Å². The van der Waals surface area contributed by atoms with E-state index in [0.29, 0.717) is 49.5 Å². The van der Waals surface area contributed by atoms with Crippen LogP contribution in [0.5, 0.6) is 0 Å². The molecule has 7 N–H and O–H groups in total. The van der Waals surface area contributed by atoms with Crippen LogP contribution in [-0.2, 0) is 36.9 Å². The summed E-state index contributed by atoms with van der Waals surface area (Å²) in [5.41, 5.74) is 11.9. The number of anilines is 1. The molecule has 0 aliphatic carbocycles. The molecular weight excluding hydrogens is 633 g/mol. The van der Waals surface area contributed by atoms with Gasteiger partial charge in [0.2, 0.25) is 18.2 Å². The minimum atomic E-state index is -1.83. The monoisotopic (exact) mass is 691 g/mol. The van der Waals surface area contributed by atoms with Crippen LogP contribution in [0.1, 0.15) is 92.2 Å². The topological polar surface area (TPSA) is 192 Å². The highest BCUT2D eigenvalue weighted by Gasteiger charge is 2.15. The summed E-state index contributed by atoms with van der Waals surface area (Å²) in [5.74, 6) is 0.194. The van der Waals surface area contributed by atoms with Crippen LogP contribution in [0.2, 0.25) is 0 Å². The summed E-state index contributed by atoms with van der Waals surface area (Å²) in [6.07, 6.45) is 1.28. The van der Waals surface area contributed by atoms with Crippen LogP contribution in [0.15, 0.2) is 54.6 Å². The smallest absolute Gasteiger partial charge is 0.444 e. The highest BCUT2D eigenvalue weighted by atomic mass is 19.1. The van der Waals surface area contributed by atoms with Gasteiger partial charge in [0.15, 0.2) is 0 Å². The fourth-order valence-electron chi connectivity index (χ4n) is 3.31. The number of alkyl carbamates (subject to hydrolysis) is 1. The summed E-state index contributed by atoms with van der Waals surface area (Å²) in [5, 5.41) is 7.81. The molecule has 2 rings (SSSR count). The van der Waals surface area contributed by atoms with E-state index >= 15 is 0 Å². The number of unbranched alkanes of at least 4 members (excludes halogenated alkanes) is 2. The minimum absolute atomic E-state index is 0.113. The Bertz CT molecular complexity index is 1190. The van der Waals surface area contributed by atoms with Crippen molar-refractivity contribution >= 4 is 36.2 Å². The molecule has 49 heavy (non-hydrogen) atoms. The second kappa shape index (κ2) is 27.4. The van der Waals surface area contributed by atoms with Gasteiger partial charge >= 0.3 is 12.3 Å². The molecule has 0 saturated heterocycles. The molecule has 1 atom stereocenters. The molecule has 0 aliphatic rings. The summed E-state index contributed by atoms with van der Waals surface area (Å²) in [7, 11) is 0. The maximum Gasteiger partial charge on any atom is 0.495 e. The van der Waals surface area contributed by atoms with Gasteiger partial charge in [-0.3, -0.25) is 14.4 Å². The van der Waals surface area contributed by atoms with E-state index in [2.05, 4.69) is 41.5 Å². The van der Waals surface area contributed by atoms with Crippen molar-refractivity contribution in [2.75, 3.05) is 11.9 Å². The molecule has 12 nitrogen and oxygen atoms in total. The van der Waals surface area contributed by atoms with Gasteiger partial charge in [0.1, 0.15) is 18.2 Å². The van der Waals surface area contributed by atoms with Gasteiger partial charge in [-0.1, -0.05) is 83.5 Å². The van der Waals surface area contributed by atoms with Gasteiger partial charge in [0.25, 0.3) is 0 Å². The lowest BCUT2D eigenvalue weighted by molar-refractivity contribution is -0.122. The summed E-state index contributed by atoms with van der Waals surface area (Å²) < 4.78 is 21.4. The average molecular weight is 692 g/mol. The van der Waals surface area contributed by atoms with Crippen molar-refractivity contribution in [1.29, 1.82) is 0 Å². The van der Waals surface area contributed by atoms with E-state index in [4.69, 9.17) is 16.2 Å². The Kier molecular flexibility index (Phi) is 26.1. The second-order valence-corrected chi connectivity index (χ2v) is 12.9. The first kappa shape index (κ1) is 46.6. The van der Waals surface area contributed by atoms with Crippen molar-refractivity contribution in [3.8, 4) is 0 Å². The number of benzene rings is 2. The van der Waals surface area contributed by atoms with Gasteiger partial charge in [0, 0.05) is 25.1 Å². The zero-order chi connectivity index (χ0) is 37.8. The number of halogens is 1. The van der Waals surface area contributed by atoms with Crippen molar-refractivity contribution in [2.24, 2.45) is 17.4 Å². The van der Waals surface area contributed by atoms with Gasteiger partial charge < -0.3 is 36.9 Å². The van der Waals surface area contributed by atoms with Crippen molar-refractivity contribution in [3.63, 3.8) is 0 Å². The van der Waals surface area contributed by atoms with E-state index in [9.17, 15) is 28.4 Å². The summed E-state index contributed by atoms with van der Waals surface area (Å²) in [4.78, 5) is 54.5. The van der Waals surface area contributed by atoms with E-state index in [1.165, 1.54) is 0 Å². The van der Waals surface area contributed by atoms with E-state index in [-0.39, 0.29) is 12.5 Å². The van der Waals surface area contributed by atoms with Crippen molar-refractivity contribution in [1.82, 2.24) is 10.6 Å². The van der Waals surface area contributed by atoms with E-state index in [1.54, 1.807) is 45.0 Å². The van der Waals surface area contributed by atoms with Crippen LogP contribution in [0.4, 0.5) is 19.7 Å². The number of nitrogens with one attached hydrogen (secondary N) is 3. The normalized spacial score (nSPS) is 10.8. The second-order valence-electron chi connectivity index (χ2n) is 12.9. The lowest BCUT2D eigenvalue weighted by Crippen LogP contribution is -2.42. The molecule has 0 fully saturated rings. The predicted octanol–water partition coefficient (Wildman–Crippen LogP) is 6.16.